The molecule has 0 radical (unpaired) electrons. The van der Waals surface area contributed by atoms with Crippen LogP contribution in [0.3, 0.4) is 0 Å². The molecule has 0 bridgehead atoms. The van der Waals surface area contributed by atoms with E-state index >= 15 is 0 Å². The van der Waals surface area contributed by atoms with E-state index in [0.717, 1.165) is 0 Å². The lowest BCUT2D eigenvalue weighted by atomic mass is 10.1. The normalized spacial score (nSPS) is 19.6. The van der Waals surface area contributed by atoms with Crippen molar-refractivity contribution in [2.45, 2.75) is 13.3 Å². The molecule has 0 aliphatic carbocycles. The number of ketones is 1. The summed E-state index contributed by atoms with van der Waals surface area (Å²) >= 11 is 0. The van der Waals surface area contributed by atoms with Crippen molar-refractivity contribution >= 4 is 21.5 Å². The fourth-order valence-corrected chi connectivity index (χ4v) is 4.16. The highest BCUT2D eigenvalue weighted by Gasteiger charge is 2.27. The highest BCUT2D eigenvalue weighted by Crippen LogP contribution is 2.17. The molecular weight excluding hydrogens is 306 g/mol. The first-order chi connectivity index (χ1) is 10.4. The van der Waals surface area contributed by atoms with Gasteiger partial charge in [0.1, 0.15) is 5.75 Å². The summed E-state index contributed by atoms with van der Waals surface area (Å²) in [5, 5.41) is 2.67. The van der Waals surface area contributed by atoms with E-state index in [9.17, 15) is 18.0 Å². The Kier molecular flexibility index (Phi) is 5.18. The van der Waals surface area contributed by atoms with Gasteiger partial charge < -0.3 is 10.1 Å². The minimum absolute atomic E-state index is 0.0185. The molecule has 1 atom stereocenters. The molecule has 1 heterocycles. The molecule has 1 fully saturated rings. The Morgan fingerprint density at radius 3 is 2.77 bits per heavy atom. The van der Waals surface area contributed by atoms with Crippen LogP contribution in [-0.2, 0) is 14.6 Å². The summed E-state index contributed by atoms with van der Waals surface area (Å²) in [4.78, 5) is 23.0. The quantitative estimate of drug-likeness (QED) is 0.782. The lowest BCUT2D eigenvalue weighted by molar-refractivity contribution is -0.123. The number of Topliss-reactive ketones (excluding diaryl/α,β-unsaturated/α-hetero) is 1. The zero-order valence-corrected chi connectivity index (χ0v) is 13.2. The first kappa shape index (κ1) is 16.5. The summed E-state index contributed by atoms with van der Waals surface area (Å²) in [6, 6.07) is 6.62. The third-order valence-corrected chi connectivity index (χ3v) is 5.36. The zero-order chi connectivity index (χ0) is 16.2. The highest BCUT2D eigenvalue weighted by atomic mass is 32.2. The maximum absolute atomic E-state index is 11.7. The largest absolute Gasteiger partial charge is 0.484 e. The maximum atomic E-state index is 11.7. The van der Waals surface area contributed by atoms with E-state index in [1.165, 1.54) is 6.92 Å². The summed E-state index contributed by atoms with van der Waals surface area (Å²) < 4.78 is 28.0. The molecule has 1 unspecified atom stereocenters. The Labute approximate surface area is 129 Å². The average molecular weight is 325 g/mol. The van der Waals surface area contributed by atoms with E-state index in [2.05, 4.69) is 5.32 Å². The maximum Gasteiger partial charge on any atom is 0.257 e. The number of hydrogen-bond donors (Lipinski definition) is 1. The standard InChI is InChI=1S/C15H19NO5S/c1-11(17)13-3-2-4-14(7-13)21-9-15(18)16-8-12-5-6-22(19,20)10-12/h2-4,7,12H,5-6,8-10H2,1H3,(H,16,18). The topological polar surface area (TPSA) is 89.5 Å². The van der Waals surface area contributed by atoms with Crippen LogP contribution >= 0.6 is 0 Å². The number of hydrogen-bond acceptors (Lipinski definition) is 5. The SMILES string of the molecule is CC(=O)c1cccc(OCC(=O)NCC2CCS(=O)(=O)C2)c1. The third-order valence-electron chi connectivity index (χ3n) is 3.53. The second kappa shape index (κ2) is 6.91. The van der Waals surface area contributed by atoms with Gasteiger partial charge in [-0.05, 0) is 31.4 Å². The Morgan fingerprint density at radius 2 is 2.14 bits per heavy atom. The molecule has 1 N–H and O–H groups in total. The van der Waals surface area contributed by atoms with Crippen molar-refractivity contribution in [3.8, 4) is 5.75 Å². The minimum atomic E-state index is -2.93. The van der Waals surface area contributed by atoms with Gasteiger partial charge in [0.05, 0.1) is 11.5 Å². The van der Waals surface area contributed by atoms with Crippen molar-refractivity contribution in [1.82, 2.24) is 5.32 Å². The van der Waals surface area contributed by atoms with Crippen LogP contribution in [-0.4, -0.2) is 44.8 Å². The molecule has 1 aromatic rings. The molecule has 0 saturated carbocycles. The second-order valence-electron chi connectivity index (χ2n) is 5.45. The van der Waals surface area contributed by atoms with Crippen LogP contribution in [0.15, 0.2) is 24.3 Å². The summed E-state index contributed by atoms with van der Waals surface area (Å²) in [6.45, 7) is 1.64. The van der Waals surface area contributed by atoms with Crippen molar-refractivity contribution in [1.29, 1.82) is 0 Å². The van der Waals surface area contributed by atoms with E-state index in [1.807, 2.05) is 0 Å². The van der Waals surface area contributed by atoms with Gasteiger partial charge in [-0.15, -0.1) is 0 Å². The van der Waals surface area contributed by atoms with Gasteiger partial charge >= 0.3 is 0 Å². The van der Waals surface area contributed by atoms with Crippen LogP contribution < -0.4 is 10.1 Å². The average Bonchev–Trinajstić information content (AvgIpc) is 2.82. The summed E-state index contributed by atoms with van der Waals surface area (Å²) in [5.74, 6) is 0.382. The molecule has 1 amide bonds. The van der Waals surface area contributed by atoms with Crippen LogP contribution in [0.2, 0.25) is 0 Å². The van der Waals surface area contributed by atoms with Gasteiger partial charge in [-0.2, -0.15) is 0 Å². The molecule has 22 heavy (non-hydrogen) atoms. The van der Waals surface area contributed by atoms with Crippen LogP contribution in [0.1, 0.15) is 23.7 Å². The first-order valence-electron chi connectivity index (χ1n) is 7.06. The molecule has 0 aromatic heterocycles. The number of amides is 1. The Balaban J connectivity index is 1.76. The van der Waals surface area contributed by atoms with Crippen LogP contribution in [0, 0.1) is 5.92 Å². The van der Waals surface area contributed by atoms with Crippen molar-refractivity contribution in [3.05, 3.63) is 29.8 Å². The van der Waals surface area contributed by atoms with Gasteiger partial charge in [-0.25, -0.2) is 8.42 Å². The van der Waals surface area contributed by atoms with Crippen LogP contribution in [0.25, 0.3) is 0 Å². The van der Waals surface area contributed by atoms with Crippen LogP contribution in [0.5, 0.6) is 5.75 Å². The molecular formula is C15H19NO5S. The monoisotopic (exact) mass is 325 g/mol. The summed E-state index contributed by atoms with van der Waals surface area (Å²) in [6.07, 6.45) is 0.587. The summed E-state index contributed by atoms with van der Waals surface area (Å²) in [5.41, 5.74) is 0.522. The number of ether oxygens (including phenoxy) is 1. The van der Waals surface area contributed by atoms with Gasteiger partial charge in [0.15, 0.2) is 22.2 Å². The number of benzene rings is 1. The number of carbonyl (C=O) groups is 2. The molecule has 7 heteroatoms. The predicted molar refractivity (Wildman–Crippen MR) is 81.7 cm³/mol. The highest BCUT2D eigenvalue weighted by molar-refractivity contribution is 7.91. The molecule has 6 nitrogen and oxygen atoms in total. The van der Waals surface area contributed by atoms with Crippen LogP contribution in [0.4, 0.5) is 0 Å². The van der Waals surface area contributed by atoms with E-state index in [1.54, 1.807) is 24.3 Å². The van der Waals surface area contributed by atoms with Gasteiger partial charge in [-0.1, -0.05) is 12.1 Å². The Bertz CT molecular complexity index is 668. The second-order valence-corrected chi connectivity index (χ2v) is 7.67. The number of carbonyl (C=O) groups excluding carboxylic acids is 2. The van der Waals surface area contributed by atoms with Gasteiger partial charge in [0, 0.05) is 12.1 Å². The molecule has 0 spiro atoms. The molecule has 1 aliphatic heterocycles. The third kappa shape index (κ3) is 4.84. The molecule has 1 aromatic carbocycles. The lowest BCUT2D eigenvalue weighted by Gasteiger charge is -2.11. The Hall–Kier alpha value is -1.89. The smallest absolute Gasteiger partial charge is 0.257 e. The zero-order valence-electron chi connectivity index (χ0n) is 12.4. The molecule has 1 saturated heterocycles. The lowest BCUT2D eigenvalue weighted by Crippen LogP contribution is -2.33. The van der Waals surface area contributed by atoms with Gasteiger partial charge in [-0.3, -0.25) is 9.59 Å². The van der Waals surface area contributed by atoms with E-state index < -0.39 is 9.84 Å². The van der Waals surface area contributed by atoms with E-state index in [-0.39, 0.29) is 35.7 Å². The van der Waals surface area contributed by atoms with Crippen molar-refractivity contribution < 1.29 is 22.7 Å². The summed E-state index contributed by atoms with van der Waals surface area (Å²) in [7, 11) is -2.93. The number of nitrogens with one attached hydrogen (secondary N) is 1. The fraction of sp³-hybridized carbons (Fsp3) is 0.467. The first-order valence-corrected chi connectivity index (χ1v) is 8.89. The van der Waals surface area contributed by atoms with Crippen molar-refractivity contribution in [2.75, 3.05) is 24.7 Å². The fourth-order valence-electron chi connectivity index (χ4n) is 2.30. The molecule has 120 valence electrons. The van der Waals surface area contributed by atoms with Crippen molar-refractivity contribution in [2.24, 2.45) is 5.92 Å². The number of sulfone groups is 1. The van der Waals surface area contributed by atoms with E-state index in [4.69, 9.17) is 4.74 Å². The van der Waals surface area contributed by atoms with Crippen molar-refractivity contribution in [3.63, 3.8) is 0 Å². The van der Waals surface area contributed by atoms with Gasteiger partial charge in [0.25, 0.3) is 5.91 Å². The Morgan fingerprint density at radius 1 is 1.36 bits per heavy atom. The molecule has 1 aliphatic rings. The molecule has 2 rings (SSSR count). The van der Waals surface area contributed by atoms with Gasteiger partial charge in [0.2, 0.25) is 0 Å². The van der Waals surface area contributed by atoms with E-state index in [0.29, 0.717) is 24.3 Å². The minimum Gasteiger partial charge on any atom is -0.484 e. The predicted octanol–water partition coefficient (Wildman–Crippen LogP) is 0.819. The number of rotatable bonds is 6.